The number of halogens is 3. The van der Waals surface area contributed by atoms with Gasteiger partial charge in [0.2, 0.25) is 0 Å². The summed E-state index contributed by atoms with van der Waals surface area (Å²) in [5.41, 5.74) is 8.10. The summed E-state index contributed by atoms with van der Waals surface area (Å²) in [6.07, 6.45) is 1.73. The van der Waals surface area contributed by atoms with E-state index in [-0.39, 0.29) is 0 Å². The molecule has 2 aromatic rings. The van der Waals surface area contributed by atoms with Gasteiger partial charge in [-0.15, -0.1) is 0 Å². The molecule has 0 spiro atoms. The number of nitrogens with one attached hydrogen (secondary N) is 1. The molecule has 0 aliphatic carbocycles. The Hall–Kier alpha value is -0.970. The van der Waals surface area contributed by atoms with E-state index in [4.69, 9.17) is 28.9 Å². The van der Waals surface area contributed by atoms with Crippen molar-refractivity contribution in [3.8, 4) is 0 Å². The number of anilines is 3. The fourth-order valence-electron chi connectivity index (χ4n) is 1.45. The first-order chi connectivity index (χ1) is 8.49. The number of nitrogens with zero attached hydrogens (tertiary/aromatic N) is 1. The van der Waals surface area contributed by atoms with E-state index >= 15 is 0 Å². The largest absolute Gasteiger partial charge is 0.396 e. The number of hydrogen-bond donors (Lipinski definition) is 2. The maximum absolute atomic E-state index is 6.14. The molecule has 0 bridgehead atoms. The lowest BCUT2D eigenvalue weighted by Crippen LogP contribution is -2.00. The monoisotopic (exact) mass is 345 g/mol. The van der Waals surface area contributed by atoms with E-state index in [1.165, 1.54) is 0 Å². The van der Waals surface area contributed by atoms with E-state index in [1.807, 2.05) is 13.0 Å². The molecule has 0 radical (unpaired) electrons. The maximum Gasteiger partial charge on any atom is 0.153 e. The smallest absolute Gasteiger partial charge is 0.153 e. The Morgan fingerprint density at radius 3 is 2.67 bits per heavy atom. The second kappa shape index (κ2) is 5.34. The molecule has 1 heterocycles. The molecule has 0 saturated carbocycles. The number of rotatable bonds is 2. The third-order valence-corrected chi connectivity index (χ3v) is 4.11. The van der Waals surface area contributed by atoms with Crippen molar-refractivity contribution < 1.29 is 0 Å². The minimum absolute atomic E-state index is 0.424. The van der Waals surface area contributed by atoms with E-state index in [0.717, 1.165) is 10.0 Å². The first-order valence-electron chi connectivity index (χ1n) is 5.11. The molecule has 0 saturated heterocycles. The number of nitrogen functional groups attached to an aromatic ring is 1. The number of pyridine rings is 1. The van der Waals surface area contributed by atoms with Gasteiger partial charge in [0.05, 0.1) is 21.4 Å². The minimum Gasteiger partial charge on any atom is -0.396 e. The molecular formula is C12H10BrCl2N3. The van der Waals surface area contributed by atoms with Crippen molar-refractivity contribution >= 4 is 56.3 Å². The Balaban J connectivity index is 2.37. The number of aryl methyl sites for hydroxylation is 1. The van der Waals surface area contributed by atoms with E-state index < -0.39 is 0 Å². The molecule has 0 atom stereocenters. The van der Waals surface area contributed by atoms with E-state index in [9.17, 15) is 0 Å². The molecule has 1 aromatic heterocycles. The van der Waals surface area contributed by atoms with Crippen LogP contribution in [0.15, 0.2) is 28.9 Å². The summed E-state index contributed by atoms with van der Waals surface area (Å²) >= 11 is 15.5. The Morgan fingerprint density at radius 1 is 1.28 bits per heavy atom. The van der Waals surface area contributed by atoms with Gasteiger partial charge in [0, 0.05) is 10.7 Å². The fourth-order valence-corrected chi connectivity index (χ4v) is 2.27. The number of hydrogen-bond acceptors (Lipinski definition) is 3. The zero-order valence-electron chi connectivity index (χ0n) is 9.47. The molecule has 0 amide bonds. The average molecular weight is 347 g/mol. The molecule has 3 N–H and O–H groups in total. The molecule has 1 aromatic carbocycles. The molecule has 0 aliphatic heterocycles. The minimum atomic E-state index is 0.424. The molecule has 0 unspecified atom stereocenters. The predicted molar refractivity (Wildman–Crippen MR) is 80.8 cm³/mol. The van der Waals surface area contributed by atoms with Crippen molar-refractivity contribution in [1.29, 1.82) is 0 Å². The number of benzene rings is 1. The summed E-state index contributed by atoms with van der Waals surface area (Å²) in [5, 5.41) is 3.94. The van der Waals surface area contributed by atoms with Gasteiger partial charge in [-0.3, -0.25) is 0 Å². The summed E-state index contributed by atoms with van der Waals surface area (Å²) in [6.45, 7) is 1.93. The zero-order valence-corrected chi connectivity index (χ0v) is 12.6. The lowest BCUT2D eigenvalue weighted by atomic mass is 10.2. The van der Waals surface area contributed by atoms with Crippen LogP contribution in [0.2, 0.25) is 10.0 Å². The van der Waals surface area contributed by atoms with Crippen LogP contribution >= 0.6 is 39.1 Å². The molecule has 2 rings (SSSR count). The van der Waals surface area contributed by atoms with E-state index in [1.54, 1.807) is 18.3 Å². The number of nitrogens with two attached hydrogens (primary N) is 1. The molecule has 94 valence electrons. The van der Waals surface area contributed by atoms with E-state index in [2.05, 4.69) is 26.2 Å². The Bertz CT molecular complexity index is 602. The van der Waals surface area contributed by atoms with Gasteiger partial charge < -0.3 is 11.1 Å². The lowest BCUT2D eigenvalue weighted by molar-refractivity contribution is 1.26. The molecule has 3 nitrogen and oxygen atoms in total. The van der Waals surface area contributed by atoms with Crippen molar-refractivity contribution in [3.05, 3.63) is 44.5 Å². The van der Waals surface area contributed by atoms with Crippen LogP contribution in [-0.2, 0) is 0 Å². The fraction of sp³-hybridized carbons (Fsp3) is 0.0833. The zero-order chi connectivity index (χ0) is 13.3. The van der Waals surface area contributed by atoms with Gasteiger partial charge in [-0.05, 0) is 46.6 Å². The van der Waals surface area contributed by atoms with Gasteiger partial charge >= 0.3 is 0 Å². The van der Waals surface area contributed by atoms with Gasteiger partial charge in [0.15, 0.2) is 5.82 Å². The molecule has 0 fully saturated rings. The van der Waals surface area contributed by atoms with Gasteiger partial charge in [-0.2, -0.15) is 0 Å². The first kappa shape index (κ1) is 13.5. The van der Waals surface area contributed by atoms with Gasteiger partial charge in [-0.1, -0.05) is 23.2 Å². The maximum atomic E-state index is 6.14. The SMILES string of the molecule is Cc1cnc(Nc2ccc(Br)c(Cl)c2Cl)c(N)c1. The van der Waals surface area contributed by atoms with Crippen LogP contribution < -0.4 is 11.1 Å². The Kier molecular flexibility index (Phi) is 4.00. The quantitative estimate of drug-likeness (QED) is 0.769. The molecule has 0 aliphatic rings. The predicted octanol–water partition coefficient (Wildman–Crippen LogP) is 4.79. The lowest BCUT2D eigenvalue weighted by Gasteiger charge is -2.11. The van der Waals surface area contributed by atoms with Crippen LogP contribution in [0.5, 0.6) is 0 Å². The van der Waals surface area contributed by atoms with E-state index in [0.29, 0.717) is 27.2 Å². The van der Waals surface area contributed by atoms with Gasteiger partial charge in [0.25, 0.3) is 0 Å². The second-order valence-electron chi connectivity index (χ2n) is 3.80. The van der Waals surface area contributed by atoms with Gasteiger partial charge in [-0.25, -0.2) is 4.98 Å². The second-order valence-corrected chi connectivity index (χ2v) is 5.41. The van der Waals surface area contributed by atoms with Crippen LogP contribution in [0, 0.1) is 6.92 Å². The highest BCUT2D eigenvalue weighted by Crippen LogP contribution is 2.37. The first-order valence-corrected chi connectivity index (χ1v) is 6.66. The summed E-state index contributed by atoms with van der Waals surface area (Å²) in [6, 6.07) is 5.45. The Morgan fingerprint density at radius 2 is 2.00 bits per heavy atom. The highest BCUT2D eigenvalue weighted by Gasteiger charge is 2.10. The summed E-state index contributed by atoms with van der Waals surface area (Å²) < 4.78 is 0.740. The van der Waals surface area contributed by atoms with Crippen molar-refractivity contribution in [2.45, 2.75) is 6.92 Å². The molecular weight excluding hydrogens is 337 g/mol. The topological polar surface area (TPSA) is 50.9 Å². The summed E-state index contributed by atoms with van der Waals surface area (Å²) in [7, 11) is 0. The van der Waals surface area contributed by atoms with Crippen molar-refractivity contribution in [3.63, 3.8) is 0 Å². The summed E-state index contributed by atoms with van der Waals surface area (Å²) in [5.74, 6) is 0.556. The third kappa shape index (κ3) is 2.71. The van der Waals surface area contributed by atoms with Crippen molar-refractivity contribution in [1.82, 2.24) is 4.98 Å². The average Bonchev–Trinajstić information content (AvgIpc) is 2.33. The van der Waals surface area contributed by atoms with Crippen LogP contribution in [0.4, 0.5) is 17.2 Å². The number of aromatic nitrogens is 1. The normalized spacial score (nSPS) is 10.4. The standard InChI is InChI=1S/C12H10BrCl2N3/c1-6-4-8(16)12(17-5-6)18-9-3-2-7(13)10(14)11(9)15/h2-5H,16H2,1H3,(H,17,18). The highest BCUT2D eigenvalue weighted by molar-refractivity contribution is 9.10. The van der Waals surface area contributed by atoms with Crippen molar-refractivity contribution in [2.24, 2.45) is 0 Å². The molecule has 18 heavy (non-hydrogen) atoms. The van der Waals surface area contributed by atoms with Crippen LogP contribution in [0.25, 0.3) is 0 Å². The molecule has 6 heteroatoms. The highest BCUT2D eigenvalue weighted by atomic mass is 79.9. The van der Waals surface area contributed by atoms with Crippen LogP contribution in [-0.4, -0.2) is 4.98 Å². The Labute approximate surface area is 123 Å². The van der Waals surface area contributed by atoms with Crippen LogP contribution in [0.1, 0.15) is 5.56 Å². The van der Waals surface area contributed by atoms with Crippen LogP contribution in [0.3, 0.4) is 0 Å². The van der Waals surface area contributed by atoms with Crippen molar-refractivity contribution in [2.75, 3.05) is 11.1 Å². The van der Waals surface area contributed by atoms with Gasteiger partial charge in [0.1, 0.15) is 0 Å². The summed E-state index contributed by atoms with van der Waals surface area (Å²) in [4.78, 5) is 4.22. The third-order valence-electron chi connectivity index (χ3n) is 2.34.